The molecule has 0 unspecified atom stereocenters. The lowest BCUT2D eigenvalue weighted by atomic mass is 9.99. The number of pyridine rings is 2. The van der Waals surface area contributed by atoms with Crippen LogP contribution in [0.2, 0.25) is 0 Å². The zero-order valence-electron chi connectivity index (χ0n) is 22.3. The molecule has 202 valence electrons. The Morgan fingerprint density at radius 1 is 1.00 bits per heavy atom. The standard InChI is InChI=1S/C30H28N6O3S/c1-4-32-30(39)35-26-14-21(29-34-24(17-40-29)18-9-7-6-8-10-18)22(15-33-26)19-11-12-20-25(13-19)36(5-2)16-23(27(20)37)28(38)31-3/h6-17H,4-5H2,1-3H3,(H,31,38)(H2,32,33,35,39). The van der Waals surface area contributed by atoms with Gasteiger partial charge in [-0.05, 0) is 37.6 Å². The van der Waals surface area contributed by atoms with Crippen molar-refractivity contribution in [2.24, 2.45) is 0 Å². The van der Waals surface area contributed by atoms with E-state index in [4.69, 9.17) is 4.98 Å². The van der Waals surface area contributed by atoms with Crippen LogP contribution in [0.25, 0.3) is 43.9 Å². The van der Waals surface area contributed by atoms with Crippen molar-refractivity contribution in [2.75, 3.05) is 18.9 Å². The van der Waals surface area contributed by atoms with Gasteiger partial charge in [-0.25, -0.2) is 14.8 Å². The lowest BCUT2D eigenvalue weighted by molar-refractivity contribution is 0.0961. The molecule has 40 heavy (non-hydrogen) atoms. The van der Waals surface area contributed by atoms with Crippen LogP contribution in [0.15, 0.2) is 77.2 Å². The van der Waals surface area contributed by atoms with E-state index in [9.17, 15) is 14.4 Å². The first-order valence-electron chi connectivity index (χ1n) is 12.9. The molecule has 0 bridgehead atoms. The van der Waals surface area contributed by atoms with Crippen molar-refractivity contribution in [3.05, 3.63) is 88.2 Å². The fourth-order valence-corrected chi connectivity index (χ4v) is 5.37. The molecule has 5 aromatic rings. The van der Waals surface area contributed by atoms with E-state index in [0.29, 0.717) is 29.8 Å². The van der Waals surface area contributed by atoms with Crippen LogP contribution in [-0.4, -0.2) is 40.1 Å². The molecule has 0 radical (unpaired) electrons. The van der Waals surface area contributed by atoms with E-state index in [1.807, 2.05) is 72.3 Å². The third-order valence-electron chi connectivity index (χ3n) is 6.49. The molecule has 10 heteroatoms. The summed E-state index contributed by atoms with van der Waals surface area (Å²) in [4.78, 5) is 47.1. The van der Waals surface area contributed by atoms with Crippen molar-refractivity contribution in [1.29, 1.82) is 0 Å². The number of aromatic nitrogens is 3. The van der Waals surface area contributed by atoms with Gasteiger partial charge >= 0.3 is 6.03 Å². The van der Waals surface area contributed by atoms with Gasteiger partial charge in [0, 0.05) is 60.0 Å². The topological polar surface area (TPSA) is 118 Å². The highest BCUT2D eigenvalue weighted by molar-refractivity contribution is 7.13. The average Bonchev–Trinajstić information content (AvgIpc) is 3.48. The maximum absolute atomic E-state index is 13.1. The maximum Gasteiger partial charge on any atom is 0.320 e. The van der Waals surface area contributed by atoms with E-state index < -0.39 is 5.91 Å². The van der Waals surface area contributed by atoms with Gasteiger partial charge in [-0.2, -0.15) is 0 Å². The monoisotopic (exact) mass is 552 g/mol. The molecule has 0 saturated carbocycles. The van der Waals surface area contributed by atoms with Gasteiger partial charge in [-0.15, -0.1) is 11.3 Å². The first kappa shape index (κ1) is 26.8. The summed E-state index contributed by atoms with van der Waals surface area (Å²) in [7, 11) is 1.51. The number of nitrogens with one attached hydrogen (secondary N) is 3. The largest absolute Gasteiger partial charge is 0.355 e. The van der Waals surface area contributed by atoms with Gasteiger partial charge in [0.25, 0.3) is 5.91 Å². The Labute approximate surface area is 234 Å². The molecule has 2 aromatic carbocycles. The van der Waals surface area contributed by atoms with Crippen LogP contribution in [0.3, 0.4) is 0 Å². The lowest BCUT2D eigenvalue weighted by Crippen LogP contribution is -2.28. The molecule has 0 spiro atoms. The first-order valence-corrected chi connectivity index (χ1v) is 13.8. The van der Waals surface area contributed by atoms with Gasteiger partial charge in [-0.1, -0.05) is 36.4 Å². The molecule has 9 nitrogen and oxygen atoms in total. The summed E-state index contributed by atoms with van der Waals surface area (Å²) in [6.07, 6.45) is 3.30. The highest BCUT2D eigenvalue weighted by Crippen LogP contribution is 2.37. The number of thiazole rings is 1. The number of anilines is 1. The predicted octanol–water partition coefficient (Wildman–Crippen LogP) is 5.37. The lowest BCUT2D eigenvalue weighted by Gasteiger charge is -2.14. The van der Waals surface area contributed by atoms with Crippen molar-refractivity contribution < 1.29 is 9.59 Å². The summed E-state index contributed by atoms with van der Waals surface area (Å²) >= 11 is 1.50. The van der Waals surface area contributed by atoms with E-state index in [2.05, 4.69) is 20.9 Å². The highest BCUT2D eigenvalue weighted by atomic mass is 32.1. The number of benzene rings is 2. The van der Waals surface area contributed by atoms with Gasteiger partial charge in [-0.3, -0.25) is 14.9 Å². The van der Waals surface area contributed by atoms with Crippen LogP contribution < -0.4 is 21.4 Å². The Kier molecular flexibility index (Phi) is 7.70. The summed E-state index contributed by atoms with van der Waals surface area (Å²) in [6, 6.07) is 16.9. The number of amides is 3. The fraction of sp³-hybridized carbons (Fsp3) is 0.167. The number of hydrogen-bond donors (Lipinski definition) is 3. The third kappa shape index (κ3) is 5.21. The van der Waals surface area contributed by atoms with Crippen molar-refractivity contribution in [3.63, 3.8) is 0 Å². The quantitative estimate of drug-likeness (QED) is 0.251. The Morgan fingerprint density at radius 3 is 2.52 bits per heavy atom. The van der Waals surface area contributed by atoms with Gasteiger partial charge in [0.2, 0.25) is 5.43 Å². The molecular formula is C30H28N6O3S. The zero-order valence-corrected chi connectivity index (χ0v) is 23.1. The van der Waals surface area contributed by atoms with E-state index in [1.54, 1.807) is 18.5 Å². The highest BCUT2D eigenvalue weighted by Gasteiger charge is 2.18. The van der Waals surface area contributed by atoms with Gasteiger partial charge < -0.3 is 15.2 Å². The van der Waals surface area contributed by atoms with Crippen molar-refractivity contribution >= 4 is 40.0 Å². The molecule has 0 saturated heterocycles. The molecule has 0 aliphatic rings. The number of nitrogens with zero attached hydrogens (tertiary/aromatic N) is 3. The Bertz CT molecular complexity index is 1780. The molecule has 5 rings (SSSR count). The molecule has 0 aliphatic heterocycles. The zero-order chi connectivity index (χ0) is 28.2. The van der Waals surface area contributed by atoms with Gasteiger partial charge in [0.1, 0.15) is 16.4 Å². The van der Waals surface area contributed by atoms with Crippen LogP contribution in [0.1, 0.15) is 24.2 Å². The molecule has 3 N–H and O–H groups in total. The summed E-state index contributed by atoms with van der Waals surface area (Å²) in [5.41, 5.74) is 4.75. The van der Waals surface area contributed by atoms with Crippen molar-refractivity contribution in [1.82, 2.24) is 25.2 Å². The second-order valence-electron chi connectivity index (χ2n) is 8.97. The van der Waals surface area contributed by atoms with Crippen LogP contribution >= 0.6 is 11.3 Å². The minimum absolute atomic E-state index is 0.101. The Hall–Kier alpha value is -4.83. The number of aryl methyl sites for hydroxylation is 1. The van der Waals surface area contributed by atoms with E-state index >= 15 is 0 Å². The Balaban J connectivity index is 1.66. The van der Waals surface area contributed by atoms with E-state index in [1.165, 1.54) is 18.4 Å². The minimum Gasteiger partial charge on any atom is -0.355 e. The molecule has 0 aliphatic carbocycles. The van der Waals surface area contributed by atoms with E-state index in [-0.39, 0.29) is 17.0 Å². The number of fused-ring (bicyclic) bond motifs is 1. The number of hydrogen-bond acceptors (Lipinski definition) is 6. The number of urea groups is 1. The maximum atomic E-state index is 13.1. The van der Waals surface area contributed by atoms with Crippen molar-refractivity contribution in [2.45, 2.75) is 20.4 Å². The number of rotatable bonds is 7. The summed E-state index contributed by atoms with van der Waals surface area (Å²) in [5.74, 6) is -0.0273. The summed E-state index contributed by atoms with van der Waals surface area (Å²) in [6.45, 7) is 4.86. The first-order chi connectivity index (χ1) is 19.4. The van der Waals surface area contributed by atoms with Crippen LogP contribution in [-0.2, 0) is 6.54 Å². The Morgan fingerprint density at radius 2 is 1.80 bits per heavy atom. The number of carbonyl (C=O) groups excluding carboxylic acids is 2. The second kappa shape index (κ2) is 11.5. The minimum atomic E-state index is -0.419. The predicted molar refractivity (Wildman–Crippen MR) is 160 cm³/mol. The second-order valence-corrected chi connectivity index (χ2v) is 9.83. The van der Waals surface area contributed by atoms with Gasteiger partial charge in [0.15, 0.2) is 0 Å². The fourth-order valence-electron chi connectivity index (χ4n) is 4.51. The summed E-state index contributed by atoms with van der Waals surface area (Å²) < 4.78 is 1.89. The van der Waals surface area contributed by atoms with Crippen LogP contribution in [0.4, 0.5) is 10.6 Å². The normalized spacial score (nSPS) is 10.9. The average molecular weight is 553 g/mol. The smallest absolute Gasteiger partial charge is 0.320 e. The van der Waals surface area contributed by atoms with Crippen molar-refractivity contribution in [3.8, 4) is 33.0 Å². The molecule has 3 aromatic heterocycles. The summed E-state index contributed by atoms with van der Waals surface area (Å²) in [5, 5.41) is 11.3. The van der Waals surface area contributed by atoms with Crippen LogP contribution in [0, 0.1) is 0 Å². The molecule has 3 amide bonds. The molecule has 3 heterocycles. The van der Waals surface area contributed by atoms with Crippen LogP contribution in [0.5, 0.6) is 0 Å². The third-order valence-corrected chi connectivity index (χ3v) is 7.37. The molecular weight excluding hydrogens is 524 g/mol. The molecule has 0 atom stereocenters. The van der Waals surface area contributed by atoms with Gasteiger partial charge in [0.05, 0.1) is 11.2 Å². The van der Waals surface area contributed by atoms with E-state index in [0.717, 1.165) is 33.0 Å². The molecule has 0 fully saturated rings. The SMILES string of the molecule is CCNC(=O)Nc1cc(-c2nc(-c3ccccc3)cs2)c(-c2ccc3c(=O)c(C(=O)NC)cn(CC)c3c2)cn1. The number of carbonyl (C=O) groups is 2.